The maximum atomic E-state index is 12.2. The van der Waals surface area contributed by atoms with Gasteiger partial charge in [-0.15, -0.1) is 0 Å². The minimum Gasteiger partial charge on any atom is -0.372 e. The third-order valence-corrected chi connectivity index (χ3v) is 4.46. The number of hydrogen-bond donors (Lipinski definition) is 1. The molecule has 1 rings (SSSR count). The monoisotopic (exact) mass is 243 g/mol. The van der Waals surface area contributed by atoms with Crippen molar-refractivity contribution >= 4 is 15.8 Å². The molecule has 0 saturated carbocycles. The summed E-state index contributed by atoms with van der Waals surface area (Å²) in [6.07, 6.45) is 1.56. The quantitative estimate of drug-likeness (QED) is 0.861. The van der Waals surface area contributed by atoms with Crippen LogP contribution in [0.1, 0.15) is 13.8 Å². The Morgan fingerprint density at radius 1 is 1.44 bits per heavy atom. The Hall–Kier alpha value is -1.14. The lowest BCUT2D eigenvalue weighted by Crippen LogP contribution is -2.33. The van der Waals surface area contributed by atoms with Crippen molar-refractivity contribution in [3.63, 3.8) is 0 Å². The summed E-state index contributed by atoms with van der Waals surface area (Å²) in [5.41, 5.74) is 0. The SMILES string of the molecule is CNc1ncccc1S(=O)(=O)N(C)C(C)C. The largest absolute Gasteiger partial charge is 0.372 e. The molecule has 1 N–H and O–H groups in total. The lowest BCUT2D eigenvalue weighted by Gasteiger charge is -2.21. The Labute approximate surface area is 96.5 Å². The van der Waals surface area contributed by atoms with Crippen molar-refractivity contribution in [1.29, 1.82) is 0 Å². The Morgan fingerprint density at radius 3 is 2.56 bits per heavy atom. The summed E-state index contributed by atoms with van der Waals surface area (Å²) in [6, 6.07) is 3.07. The van der Waals surface area contributed by atoms with Crippen LogP contribution in [0, 0.1) is 0 Å². The fourth-order valence-corrected chi connectivity index (χ4v) is 2.73. The molecule has 0 amide bonds. The molecule has 0 atom stereocenters. The zero-order valence-electron chi connectivity index (χ0n) is 9.93. The van der Waals surface area contributed by atoms with Gasteiger partial charge < -0.3 is 5.32 Å². The molecule has 90 valence electrons. The molecule has 0 aliphatic carbocycles. The van der Waals surface area contributed by atoms with E-state index in [2.05, 4.69) is 10.3 Å². The molecular weight excluding hydrogens is 226 g/mol. The van der Waals surface area contributed by atoms with E-state index in [1.54, 1.807) is 32.4 Å². The standard InChI is InChI=1S/C10H17N3O2S/c1-8(2)13(4)16(14,15)9-6-5-7-12-10(9)11-3/h5-8H,1-4H3,(H,11,12). The molecule has 0 spiro atoms. The zero-order valence-corrected chi connectivity index (χ0v) is 10.7. The van der Waals surface area contributed by atoms with Gasteiger partial charge in [-0.3, -0.25) is 0 Å². The normalized spacial score (nSPS) is 12.1. The highest BCUT2D eigenvalue weighted by Gasteiger charge is 2.25. The Kier molecular flexibility index (Phi) is 3.88. The molecule has 1 aromatic rings. The topological polar surface area (TPSA) is 62.3 Å². The first-order valence-corrected chi connectivity index (χ1v) is 6.46. The summed E-state index contributed by atoms with van der Waals surface area (Å²) in [7, 11) is -0.261. The van der Waals surface area contributed by atoms with Gasteiger partial charge >= 0.3 is 0 Å². The van der Waals surface area contributed by atoms with Gasteiger partial charge in [0, 0.05) is 26.3 Å². The van der Waals surface area contributed by atoms with Crippen LogP contribution in [0.15, 0.2) is 23.2 Å². The maximum Gasteiger partial charge on any atom is 0.246 e. The Morgan fingerprint density at radius 2 is 2.06 bits per heavy atom. The molecule has 0 aliphatic rings. The predicted octanol–water partition coefficient (Wildman–Crippen LogP) is 1.15. The van der Waals surface area contributed by atoms with Crippen LogP contribution in [0.25, 0.3) is 0 Å². The summed E-state index contributed by atoms with van der Waals surface area (Å²) in [5, 5.41) is 2.78. The lowest BCUT2D eigenvalue weighted by atomic mass is 10.4. The van der Waals surface area contributed by atoms with E-state index in [0.717, 1.165) is 0 Å². The van der Waals surface area contributed by atoms with E-state index in [4.69, 9.17) is 0 Å². The van der Waals surface area contributed by atoms with Crippen LogP contribution in [-0.2, 0) is 10.0 Å². The summed E-state index contributed by atoms with van der Waals surface area (Å²) < 4.78 is 25.7. The lowest BCUT2D eigenvalue weighted by molar-refractivity contribution is 0.410. The van der Waals surface area contributed by atoms with E-state index in [1.165, 1.54) is 4.31 Å². The van der Waals surface area contributed by atoms with Gasteiger partial charge in [0.25, 0.3) is 0 Å². The minimum absolute atomic E-state index is 0.0880. The molecule has 0 radical (unpaired) electrons. The first-order valence-electron chi connectivity index (χ1n) is 5.02. The van der Waals surface area contributed by atoms with Crippen LogP contribution in [0.2, 0.25) is 0 Å². The number of anilines is 1. The van der Waals surface area contributed by atoms with Crippen molar-refractivity contribution in [2.75, 3.05) is 19.4 Å². The van der Waals surface area contributed by atoms with Crippen LogP contribution in [-0.4, -0.2) is 37.8 Å². The molecule has 1 heterocycles. The van der Waals surface area contributed by atoms with Crippen LogP contribution in [0.5, 0.6) is 0 Å². The molecule has 0 saturated heterocycles. The summed E-state index contributed by atoms with van der Waals surface area (Å²) in [4.78, 5) is 4.19. The number of sulfonamides is 1. The molecule has 6 heteroatoms. The summed E-state index contributed by atoms with van der Waals surface area (Å²) in [6.45, 7) is 3.65. The highest BCUT2D eigenvalue weighted by Crippen LogP contribution is 2.22. The van der Waals surface area contributed by atoms with Crippen LogP contribution >= 0.6 is 0 Å². The van der Waals surface area contributed by atoms with E-state index < -0.39 is 10.0 Å². The van der Waals surface area contributed by atoms with Crippen molar-refractivity contribution in [3.8, 4) is 0 Å². The van der Waals surface area contributed by atoms with Crippen molar-refractivity contribution in [1.82, 2.24) is 9.29 Å². The van der Waals surface area contributed by atoms with E-state index in [-0.39, 0.29) is 10.9 Å². The van der Waals surface area contributed by atoms with Gasteiger partial charge in [-0.1, -0.05) is 0 Å². The molecule has 16 heavy (non-hydrogen) atoms. The average Bonchev–Trinajstić information content (AvgIpc) is 2.27. The van der Waals surface area contributed by atoms with E-state index in [9.17, 15) is 8.42 Å². The summed E-state index contributed by atoms with van der Waals surface area (Å²) >= 11 is 0. The molecule has 0 unspecified atom stereocenters. The number of pyridine rings is 1. The van der Waals surface area contributed by atoms with Gasteiger partial charge in [-0.05, 0) is 26.0 Å². The van der Waals surface area contributed by atoms with Crippen molar-refractivity contribution < 1.29 is 8.42 Å². The number of aromatic nitrogens is 1. The number of hydrogen-bond acceptors (Lipinski definition) is 4. The van der Waals surface area contributed by atoms with Crippen molar-refractivity contribution in [3.05, 3.63) is 18.3 Å². The van der Waals surface area contributed by atoms with Crippen LogP contribution in [0.3, 0.4) is 0 Å². The molecule has 0 aliphatic heterocycles. The van der Waals surface area contributed by atoms with Crippen molar-refractivity contribution in [2.45, 2.75) is 24.8 Å². The van der Waals surface area contributed by atoms with Crippen LogP contribution in [0.4, 0.5) is 5.82 Å². The molecule has 0 fully saturated rings. The fraction of sp³-hybridized carbons (Fsp3) is 0.500. The van der Waals surface area contributed by atoms with Gasteiger partial charge in [0.2, 0.25) is 10.0 Å². The molecule has 0 aromatic carbocycles. The van der Waals surface area contributed by atoms with Gasteiger partial charge in [0.05, 0.1) is 0 Å². The summed E-state index contributed by atoms with van der Waals surface area (Å²) in [5.74, 6) is 0.370. The smallest absolute Gasteiger partial charge is 0.246 e. The van der Waals surface area contributed by atoms with Gasteiger partial charge in [0.1, 0.15) is 10.7 Å². The van der Waals surface area contributed by atoms with E-state index in [0.29, 0.717) is 5.82 Å². The number of nitrogens with zero attached hydrogens (tertiary/aromatic N) is 2. The van der Waals surface area contributed by atoms with Crippen molar-refractivity contribution in [2.24, 2.45) is 0 Å². The second kappa shape index (κ2) is 4.80. The Bertz CT molecular complexity index is 457. The van der Waals surface area contributed by atoms with E-state index >= 15 is 0 Å². The predicted molar refractivity (Wildman–Crippen MR) is 63.9 cm³/mol. The minimum atomic E-state index is -3.47. The fourth-order valence-electron chi connectivity index (χ4n) is 1.22. The average molecular weight is 243 g/mol. The van der Waals surface area contributed by atoms with Gasteiger partial charge in [-0.2, -0.15) is 4.31 Å². The second-order valence-corrected chi connectivity index (χ2v) is 5.68. The Balaban J connectivity index is 3.27. The first-order chi connectivity index (χ1) is 7.41. The van der Waals surface area contributed by atoms with Gasteiger partial charge in [0.15, 0.2) is 0 Å². The first kappa shape index (κ1) is 12.9. The highest BCUT2D eigenvalue weighted by atomic mass is 32.2. The zero-order chi connectivity index (χ0) is 12.3. The maximum absolute atomic E-state index is 12.2. The molecule has 5 nitrogen and oxygen atoms in total. The molecule has 1 aromatic heterocycles. The van der Waals surface area contributed by atoms with Crippen LogP contribution < -0.4 is 5.32 Å². The molecular formula is C10H17N3O2S. The number of nitrogens with one attached hydrogen (secondary N) is 1. The third-order valence-electron chi connectivity index (χ3n) is 2.39. The van der Waals surface area contributed by atoms with Gasteiger partial charge in [-0.25, -0.2) is 13.4 Å². The second-order valence-electron chi connectivity index (χ2n) is 3.72. The molecule has 0 bridgehead atoms. The highest BCUT2D eigenvalue weighted by molar-refractivity contribution is 7.89. The van der Waals surface area contributed by atoms with E-state index in [1.807, 2.05) is 13.8 Å². The third kappa shape index (κ3) is 2.33. The number of rotatable bonds is 4.